The number of ether oxygens (including phenoxy) is 3. The van der Waals surface area contributed by atoms with Crippen LogP contribution in [0.3, 0.4) is 0 Å². The van der Waals surface area contributed by atoms with Gasteiger partial charge in [-0.3, -0.25) is 4.90 Å². The van der Waals surface area contributed by atoms with E-state index < -0.39 is 11.6 Å². The third kappa shape index (κ3) is 5.90. The minimum absolute atomic E-state index is 0.410. The second kappa shape index (κ2) is 14.3. The molecule has 0 spiro atoms. The third-order valence-corrected chi connectivity index (χ3v) is 6.70. The standard InChI is InChI=1S/C30H39N3O3/c1-7-10-11-12-13-14-23-19-25(21-31)30(36-6,33(17-8-2)18-9-3)26(22-32)29(23)24-15-16-27(34-4)28(20-24)35-5/h8-9,15-16,19-20,26H,2-3,7,10-14,17-18H2,1,4-6H3. The van der Waals surface area contributed by atoms with Crippen molar-refractivity contribution >= 4 is 5.57 Å². The maximum absolute atomic E-state index is 10.6. The van der Waals surface area contributed by atoms with Crippen LogP contribution in [0.25, 0.3) is 5.57 Å². The summed E-state index contributed by atoms with van der Waals surface area (Å²) in [5, 5.41) is 20.9. The maximum Gasteiger partial charge on any atom is 0.177 e. The van der Waals surface area contributed by atoms with Gasteiger partial charge in [0.15, 0.2) is 17.2 Å². The lowest BCUT2D eigenvalue weighted by Gasteiger charge is -2.47. The van der Waals surface area contributed by atoms with E-state index in [0.717, 1.165) is 36.0 Å². The number of nitriles is 2. The van der Waals surface area contributed by atoms with Crippen LogP contribution in [0.4, 0.5) is 0 Å². The van der Waals surface area contributed by atoms with Gasteiger partial charge >= 0.3 is 0 Å². The summed E-state index contributed by atoms with van der Waals surface area (Å²) in [6.45, 7) is 10.8. The Balaban J connectivity index is 2.79. The maximum atomic E-state index is 10.6. The normalized spacial score (nSPS) is 19.3. The molecule has 1 aromatic rings. The van der Waals surface area contributed by atoms with E-state index in [1.54, 1.807) is 33.5 Å². The zero-order valence-electron chi connectivity index (χ0n) is 22.2. The summed E-state index contributed by atoms with van der Waals surface area (Å²) in [6, 6.07) is 10.5. The second-order valence-corrected chi connectivity index (χ2v) is 8.79. The number of hydrogen-bond donors (Lipinski definition) is 0. The molecule has 1 aromatic carbocycles. The second-order valence-electron chi connectivity index (χ2n) is 8.79. The summed E-state index contributed by atoms with van der Waals surface area (Å²) in [5.41, 5.74) is 1.78. The van der Waals surface area contributed by atoms with Crippen molar-refractivity contribution in [3.05, 3.63) is 66.3 Å². The Bertz CT molecular complexity index is 1050. The van der Waals surface area contributed by atoms with Crippen LogP contribution in [0.1, 0.15) is 51.0 Å². The van der Waals surface area contributed by atoms with E-state index in [1.165, 1.54) is 19.3 Å². The number of allylic oxidation sites excluding steroid dienone is 2. The first-order valence-corrected chi connectivity index (χ1v) is 12.5. The van der Waals surface area contributed by atoms with Crippen LogP contribution >= 0.6 is 0 Å². The van der Waals surface area contributed by atoms with Gasteiger partial charge < -0.3 is 14.2 Å². The van der Waals surface area contributed by atoms with Gasteiger partial charge in [-0.05, 0) is 47.8 Å². The highest BCUT2D eigenvalue weighted by Crippen LogP contribution is 2.48. The summed E-state index contributed by atoms with van der Waals surface area (Å²) in [4.78, 5) is 1.94. The van der Waals surface area contributed by atoms with Crippen molar-refractivity contribution in [1.29, 1.82) is 10.5 Å². The van der Waals surface area contributed by atoms with E-state index in [2.05, 4.69) is 32.2 Å². The van der Waals surface area contributed by atoms with Crippen molar-refractivity contribution in [2.45, 2.75) is 51.2 Å². The van der Waals surface area contributed by atoms with Crippen LogP contribution in [-0.2, 0) is 4.74 Å². The Labute approximate surface area is 216 Å². The van der Waals surface area contributed by atoms with Crippen LogP contribution < -0.4 is 9.47 Å². The molecule has 0 heterocycles. The average Bonchev–Trinajstić information content (AvgIpc) is 2.91. The lowest BCUT2D eigenvalue weighted by Crippen LogP contribution is -2.58. The van der Waals surface area contributed by atoms with Gasteiger partial charge in [0.2, 0.25) is 0 Å². The van der Waals surface area contributed by atoms with E-state index in [4.69, 9.17) is 14.2 Å². The highest BCUT2D eigenvalue weighted by molar-refractivity contribution is 5.80. The van der Waals surface area contributed by atoms with Crippen molar-refractivity contribution in [2.75, 3.05) is 34.4 Å². The molecule has 0 N–H and O–H groups in total. The van der Waals surface area contributed by atoms with Gasteiger partial charge in [0.25, 0.3) is 0 Å². The van der Waals surface area contributed by atoms with Gasteiger partial charge in [0, 0.05) is 20.2 Å². The molecule has 0 aliphatic heterocycles. The molecule has 0 saturated heterocycles. The van der Waals surface area contributed by atoms with Crippen molar-refractivity contribution < 1.29 is 14.2 Å². The van der Waals surface area contributed by atoms with Crippen LogP contribution in [0.2, 0.25) is 0 Å². The van der Waals surface area contributed by atoms with Gasteiger partial charge in [-0.2, -0.15) is 10.5 Å². The first-order chi connectivity index (χ1) is 17.5. The lowest BCUT2D eigenvalue weighted by molar-refractivity contribution is -0.110. The molecule has 6 nitrogen and oxygen atoms in total. The average molecular weight is 490 g/mol. The van der Waals surface area contributed by atoms with Gasteiger partial charge in [-0.25, -0.2) is 0 Å². The zero-order chi connectivity index (χ0) is 26.6. The third-order valence-electron chi connectivity index (χ3n) is 6.70. The van der Waals surface area contributed by atoms with Gasteiger partial charge in [-0.15, -0.1) is 13.2 Å². The van der Waals surface area contributed by atoms with Crippen LogP contribution in [0.5, 0.6) is 11.5 Å². The molecular weight excluding hydrogens is 450 g/mol. The molecular formula is C30H39N3O3. The molecule has 0 amide bonds. The quantitative estimate of drug-likeness (QED) is 0.160. The Hall–Kier alpha value is -3.32. The largest absolute Gasteiger partial charge is 0.493 e. The molecule has 0 saturated carbocycles. The van der Waals surface area contributed by atoms with E-state index in [9.17, 15) is 10.5 Å². The lowest BCUT2D eigenvalue weighted by atomic mass is 9.72. The highest BCUT2D eigenvalue weighted by Gasteiger charge is 2.52. The molecule has 1 aliphatic carbocycles. The summed E-state index contributed by atoms with van der Waals surface area (Å²) >= 11 is 0. The Morgan fingerprint density at radius 3 is 2.19 bits per heavy atom. The molecule has 0 radical (unpaired) electrons. The number of methoxy groups -OCH3 is 3. The van der Waals surface area contributed by atoms with Crippen molar-refractivity contribution in [3.63, 3.8) is 0 Å². The molecule has 0 bridgehead atoms. The molecule has 6 heteroatoms. The monoisotopic (exact) mass is 489 g/mol. The molecule has 0 aromatic heterocycles. The number of hydrogen-bond acceptors (Lipinski definition) is 6. The Kier molecular flexibility index (Phi) is 11.5. The summed E-state index contributed by atoms with van der Waals surface area (Å²) in [7, 11) is 4.74. The predicted molar refractivity (Wildman–Crippen MR) is 144 cm³/mol. The molecule has 36 heavy (non-hydrogen) atoms. The van der Waals surface area contributed by atoms with E-state index in [-0.39, 0.29) is 0 Å². The Morgan fingerprint density at radius 1 is 1.00 bits per heavy atom. The fraction of sp³-hybridized carbons (Fsp3) is 0.467. The molecule has 0 fully saturated rings. The fourth-order valence-electron chi connectivity index (χ4n) is 5.01. The predicted octanol–water partition coefficient (Wildman–Crippen LogP) is 6.44. The molecule has 2 rings (SSSR count). The van der Waals surface area contributed by atoms with Crippen LogP contribution in [0.15, 0.2) is 60.7 Å². The molecule has 2 unspecified atom stereocenters. The van der Waals surface area contributed by atoms with Crippen molar-refractivity contribution in [3.8, 4) is 23.6 Å². The fourth-order valence-corrected chi connectivity index (χ4v) is 5.01. The van der Waals surface area contributed by atoms with Crippen molar-refractivity contribution in [2.24, 2.45) is 5.92 Å². The zero-order valence-corrected chi connectivity index (χ0v) is 22.2. The number of rotatable bonds is 15. The van der Waals surface area contributed by atoms with Gasteiger partial charge in [-0.1, -0.05) is 50.8 Å². The van der Waals surface area contributed by atoms with E-state index in [1.807, 2.05) is 29.2 Å². The molecule has 2 atom stereocenters. The smallest absolute Gasteiger partial charge is 0.177 e. The number of unbranched alkanes of at least 4 members (excludes halogenated alkanes) is 4. The van der Waals surface area contributed by atoms with Crippen LogP contribution in [0, 0.1) is 28.6 Å². The first kappa shape index (κ1) is 28.9. The van der Waals surface area contributed by atoms with E-state index >= 15 is 0 Å². The minimum Gasteiger partial charge on any atom is -0.493 e. The topological polar surface area (TPSA) is 78.5 Å². The number of benzene rings is 1. The Morgan fingerprint density at radius 2 is 1.67 bits per heavy atom. The van der Waals surface area contributed by atoms with Crippen LogP contribution in [-0.4, -0.2) is 45.0 Å². The van der Waals surface area contributed by atoms with Crippen molar-refractivity contribution in [1.82, 2.24) is 4.90 Å². The first-order valence-electron chi connectivity index (χ1n) is 12.5. The minimum atomic E-state index is -1.29. The summed E-state index contributed by atoms with van der Waals surface area (Å²) < 4.78 is 17.2. The summed E-state index contributed by atoms with van der Waals surface area (Å²) in [5.74, 6) is 0.415. The summed E-state index contributed by atoms with van der Waals surface area (Å²) in [6.07, 6.45) is 11.8. The molecule has 192 valence electrons. The van der Waals surface area contributed by atoms with E-state index in [0.29, 0.717) is 30.2 Å². The van der Waals surface area contributed by atoms with Gasteiger partial charge in [0.1, 0.15) is 5.92 Å². The number of nitrogens with zero attached hydrogens (tertiary/aromatic N) is 3. The van der Waals surface area contributed by atoms with Gasteiger partial charge in [0.05, 0.1) is 31.9 Å². The molecule has 1 aliphatic rings. The SMILES string of the molecule is C=CCN(CC=C)C1(OC)C(C#N)=CC(CCCCCCC)=C(c2ccc(OC)c(OC)c2)C1C#N. The highest BCUT2D eigenvalue weighted by atomic mass is 16.5.